The van der Waals surface area contributed by atoms with Gasteiger partial charge in [0.2, 0.25) is 5.89 Å². The minimum absolute atomic E-state index is 0.203. The SMILES string of the molecule is CCCNCc1nnc(NCC(C)(C)C)o1. The van der Waals surface area contributed by atoms with Gasteiger partial charge in [-0.15, -0.1) is 5.10 Å². The molecule has 0 saturated heterocycles. The van der Waals surface area contributed by atoms with Crippen LogP contribution in [0.1, 0.15) is 40.0 Å². The average Bonchev–Trinajstić information content (AvgIpc) is 2.62. The van der Waals surface area contributed by atoms with Crippen LogP contribution in [0.3, 0.4) is 0 Å². The Hall–Kier alpha value is -1.10. The van der Waals surface area contributed by atoms with E-state index in [1.165, 1.54) is 0 Å². The molecule has 0 aliphatic heterocycles. The molecule has 16 heavy (non-hydrogen) atoms. The van der Waals surface area contributed by atoms with Crippen LogP contribution >= 0.6 is 0 Å². The van der Waals surface area contributed by atoms with Gasteiger partial charge in [0, 0.05) is 6.54 Å². The lowest BCUT2D eigenvalue weighted by molar-refractivity contribution is 0.426. The van der Waals surface area contributed by atoms with Crippen molar-refractivity contribution in [1.82, 2.24) is 15.5 Å². The molecule has 0 amide bonds. The van der Waals surface area contributed by atoms with Crippen LogP contribution in [0.5, 0.6) is 0 Å². The van der Waals surface area contributed by atoms with Gasteiger partial charge < -0.3 is 15.1 Å². The summed E-state index contributed by atoms with van der Waals surface area (Å²) >= 11 is 0. The van der Waals surface area contributed by atoms with E-state index in [-0.39, 0.29) is 5.41 Å². The van der Waals surface area contributed by atoms with Crippen LogP contribution in [0, 0.1) is 5.41 Å². The monoisotopic (exact) mass is 226 g/mol. The third-order valence-corrected chi connectivity index (χ3v) is 1.94. The molecule has 0 bridgehead atoms. The van der Waals surface area contributed by atoms with E-state index in [9.17, 15) is 0 Å². The highest BCUT2D eigenvalue weighted by molar-refractivity contribution is 5.17. The van der Waals surface area contributed by atoms with Crippen molar-refractivity contribution in [2.75, 3.05) is 18.4 Å². The fourth-order valence-corrected chi connectivity index (χ4v) is 1.11. The van der Waals surface area contributed by atoms with E-state index in [4.69, 9.17) is 4.42 Å². The molecule has 5 heteroatoms. The van der Waals surface area contributed by atoms with Crippen LogP contribution in [0.15, 0.2) is 4.42 Å². The van der Waals surface area contributed by atoms with Crippen LogP contribution in [0.25, 0.3) is 0 Å². The van der Waals surface area contributed by atoms with Gasteiger partial charge >= 0.3 is 6.01 Å². The average molecular weight is 226 g/mol. The molecule has 0 fully saturated rings. The van der Waals surface area contributed by atoms with Gasteiger partial charge in [-0.05, 0) is 18.4 Å². The summed E-state index contributed by atoms with van der Waals surface area (Å²) in [6.45, 7) is 11.0. The van der Waals surface area contributed by atoms with Gasteiger partial charge in [-0.2, -0.15) is 0 Å². The standard InChI is InChI=1S/C11H22N4O/c1-5-6-12-7-9-14-15-10(16-9)13-8-11(2,3)4/h12H,5-8H2,1-4H3,(H,13,15). The molecular formula is C11H22N4O. The number of aromatic nitrogens is 2. The molecular weight excluding hydrogens is 204 g/mol. The zero-order chi connectivity index (χ0) is 12.0. The van der Waals surface area contributed by atoms with Crippen molar-refractivity contribution in [2.45, 2.75) is 40.7 Å². The van der Waals surface area contributed by atoms with Crippen molar-refractivity contribution in [3.05, 3.63) is 5.89 Å². The van der Waals surface area contributed by atoms with Crippen LogP contribution in [-0.4, -0.2) is 23.3 Å². The fraction of sp³-hybridized carbons (Fsp3) is 0.818. The summed E-state index contributed by atoms with van der Waals surface area (Å²) in [4.78, 5) is 0. The summed E-state index contributed by atoms with van der Waals surface area (Å²) in [6, 6.07) is 0.503. The molecule has 0 aliphatic rings. The van der Waals surface area contributed by atoms with E-state index in [1.54, 1.807) is 0 Å². The highest BCUT2D eigenvalue weighted by Crippen LogP contribution is 2.14. The zero-order valence-electron chi connectivity index (χ0n) is 10.6. The summed E-state index contributed by atoms with van der Waals surface area (Å²) in [5, 5.41) is 14.2. The number of hydrogen-bond acceptors (Lipinski definition) is 5. The summed E-state index contributed by atoms with van der Waals surface area (Å²) in [5.41, 5.74) is 0.203. The van der Waals surface area contributed by atoms with Gasteiger partial charge in [0.05, 0.1) is 6.54 Å². The molecule has 1 aromatic heterocycles. The first-order valence-corrected chi connectivity index (χ1v) is 5.78. The van der Waals surface area contributed by atoms with E-state index < -0.39 is 0 Å². The lowest BCUT2D eigenvalue weighted by atomic mass is 9.97. The first-order valence-electron chi connectivity index (χ1n) is 5.78. The number of nitrogens with one attached hydrogen (secondary N) is 2. The van der Waals surface area contributed by atoms with E-state index in [0.29, 0.717) is 18.5 Å². The second-order valence-electron chi connectivity index (χ2n) is 5.09. The van der Waals surface area contributed by atoms with Gasteiger partial charge in [-0.3, -0.25) is 0 Å². The van der Waals surface area contributed by atoms with Crippen molar-refractivity contribution in [1.29, 1.82) is 0 Å². The Bertz CT molecular complexity index is 303. The second-order valence-corrected chi connectivity index (χ2v) is 5.09. The number of nitrogens with zero attached hydrogens (tertiary/aromatic N) is 2. The first kappa shape index (κ1) is 13.0. The Balaban J connectivity index is 2.33. The van der Waals surface area contributed by atoms with E-state index in [2.05, 4.69) is 48.5 Å². The summed E-state index contributed by atoms with van der Waals surface area (Å²) in [7, 11) is 0. The molecule has 0 radical (unpaired) electrons. The van der Waals surface area contributed by atoms with Crippen molar-refractivity contribution in [3.8, 4) is 0 Å². The van der Waals surface area contributed by atoms with Crippen molar-refractivity contribution >= 4 is 6.01 Å². The molecule has 0 aliphatic carbocycles. The van der Waals surface area contributed by atoms with Crippen molar-refractivity contribution in [2.24, 2.45) is 5.41 Å². The smallest absolute Gasteiger partial charge is 0.315 e. The Morgan fingerprint density at radius 2 is 2.00 bits per heavy atom. The summed E-state index contributed by atoms with van der Waals surface area (Å²) in [6.07, 6.45) is 1.10. The summed E-state index contributed by atoms with van der Waals surface area (Å²) in [5.74, 6) is 0.629. The Kier molecular flexibility index (Phi) is 4.73. The molecule has 0 spiro atoms. The Labute approximate surface area is 97.0 Å². The molecule has 0 atom stereocenters. The maximum absolute atomic E-state index is 5.43. The fourth-order valence-electron chi connectivity index (χ4n) is 1.11. The van der Waals surface area contributed by atoms with E-state index in [1.807, 2.05) is 0 Å². The lowest BCUT2D eigenvalue weighted by Crippen LogP contribution is -2.19. The Morgan fingerprint density at radius 3 is 2.62 bits per heavy atom. The maximum atomic E-state index is 5.43. The van der Waals surface area contributed by atoms with Crippen LogP contribution in [0.4, 0.5) is 6.01 Å². The molecule has 92 valence electrons. The molecule has 1 aromatic rings. The number of anilines is 1. The molecule has 1 heterocycles. The topological polar surface area (TPSA) is 63.0 Å². The van der Waals surface area contributed by atoms with Crippen LogP contribution < -0.4 is 10.6 Å². The molecule has 1 rings (SSSR count). The normalized spacial score (nSPS) is 11.8. The third kappa shape index (κ3) is 5.11. The van der Waals surface area contributed by atoms with E-state index >= 15 is 0 Å². The van der Waals surface area contributed by atoms with Crippen LogP contribution in [-0.2, 0) is 6.54 Å². The van der Waals surface area contributed by atoms with E-state index in [0.717, 1.165) is 19.5 Å². The predicted molar refractivity (Wildman–Crippen MR) is 64.2 cm³/mol. The van der Waals surface area contributed by atoms with Gasteiger partial charge in [0.15, 0.2) is 0 Å². The second kappa shape index (κ2) is 5.84. The summed E-state index contributed by atoms with van der Waals surface area (Å²) < 4.78 is 5.43. The quantitative estimate of drug-likeness (QED) is 0.727. The molecule has 0 aromatic carbocycles. The highest BCUT2D eigenvalue weighted by atomic mass is 16.4. The number of hydrogen-bond donors (Lipinski definition) is 2. The largest absolute Gasteiger partial charge is 0.407 e. The minimum atomic E-state index is 0.203. The van der Waals surface area contributed by atoms with Crippen LogP contribution in [0.2, 0.25) is 0 Å². The molecule has 5 nitrogen and oxygen atoms in total. The molecule has 2 N–H and O–H groups in total. The van der Waals surface area contributed by atoms with Gasteiger partial charge in [0.25, 0.3) is 0 Å². The van der Waals surface area contributed by atoms with Gasteiger partial charge in [0.1, 0.15) is 0 Å². The van der Waals surface area contributed by atoms with Gasteiger partial charge in [-0.1, -0.05) is 32.8 Å². The zero-order valence-corrected chi connectivity index (χ0v) is 10.6. The molecule has 0 saturated carbocycles. The maximum Gasteiger partial charge on any atom is 0.315 e. The number of rotatable bonds is 6. The minimum Gasteiger partial charge on any atom is -0.407 e. The lowest BCUT2D eigenvalue weighted by Gasteiger charge is -2.17. The predicted octanol–water partition coefficient (Wildman–Crippen LogP) is 2.03. The van der Waals surface area contributed by atoms with Gasteiger partial charge in [-0.25, -0.2) is 0 Å². The third-order valence-electron chi connectivity index (χ3n) is 1.94. The Morgan fingerprint density at radius 1 is 1.25 bits per heavy atom. The highest BCUT2D eigenvalue weighted by Gasteiger charge is 2.12. The van der Waals surface area contributed by atoms with Crippen molar-refractivity contribution < 1.29 is 4.42 Å². The first-order chi connectivity index (χ1) is 7.51. The molecule has 0 unspecified atom stereocenters. The van der Waals surface area contributed by atoms with Crippen molar-refractivity contribution in [3.63, 3.8) is 0 Å².